The monoisotopic (exact) mass is 120 g/mol. The molecule has 0 aliphatic rings. The number of H-pyrrole nitrogens is 1. The summed E-state index contributed by atoms with van der Waals surface area (Å²) in [5, 5.41) is 15.7. The van der Waals surface area contributed by atoms with Crippen LogP contribution in [0.2, 0.25) is 0 Å². The van der Waals surface area contributed by atoms with Gasteiger partial charge in [-0.05, 0) is 0 Å². The fourth-order valence-corrected chi connectivity index (χ4v) is 0.530. The van der Waals surface area contributed by atoms with Gasteiger partial charge in [0.05, 0.1) is 0 Å². The predicted molar refractivity (Wildman–Crippen MR) is 40.1 cm³/mol. The Hall–Kier alpha value is -0.990. The first kappa shape index (κ1) is 6.13. The molecule has 3 nitrogen and oxygen atoms in total. The van der Waals surface area contributed by atoms with Gasteiger partial charge in [0.1, 0.15) is 0 Å². The van der Waals surface area contributed by atoms with Crippen molar-refractivity contribution in [2.24, 2.45) is 0 Å². The summed E-state index contributed by atoms with van der Waals surface area (Å²) < 4.78 is 0. The van der Waals surface area contributed by atoms with Gasteiger partial charge in [-0.25, -0.2) is 0 Å². The van der Waals surface area contributed by atoms with E-state index in [0.717, 1.165) is 5.36 Å². The van der Waals surface area contributed by atoms with E-state index in [1.807, 2.05) is 7.85 Å². The molecule has 0 saturated carbocycles. The molecule has 0 fully saturated rings. The van der Waals surface area contributed by atoms with E-state index in [9.17, 15) is 0 Å². The molecule has 0 bridgehead atoms. The van der Waals surface area contributed by atoms with Crippen molar-refractivity contribution in [3.05, 3.63) is 11.8 Å². The van der Waals surface area contributed by atoms with Gasteiger partial charge in [0.25, 0.3) is 0 Å². The molecule has 0 radical (unpaired) electrons. The molecule has 1 aromatic heterocycles. The second-order valence-corrected chi connectivity index (χ2v) is 1.92. The van der Waals surface area contributed by atoms with E-state index in [0.29, 0.717) is 5.69 Å². The average Bonchev–Trinajstić information content (AvgIpc) is 2.14. The van der Waals surface area contributed by atoms with E-state index in [2.05, 4.69) is 17.7 Å². The van der Waals surface area contributed by atoms with Gasteiger partial charge in [-0.2, -0.15) is 0 Å². The van der Waals surface area contributed by atoms with E-state index in [1.54, 1.807) is 0 Å². The van der Waals surface area contributed by atoms with Gasteiger partial charge in [-0.3, -0.25) is 0 Å². The second kappa shape index (κ2) is 2.09. The molecule has 1 rings (SSSR count). The quantitative estimate of drug-likeness (QED) is 0.426. The number of aromatic nitrogens is 2. The Labute approximate surface area is 54.6 Å². The van der Waals surface area contributed by atoms with E-state index in [4.69, 9.17) is 5.11 Å². The molecule has 0 saturated heterocycles. The van der Waals surface area contributed by atoms with Gasteiger partial charge >= 0.3 is 53.6 Å². The summed E-state index contributed by atoms with van der Waals surface area (Å²) >= 11 is 0. The minimum atomic E-state index is 0.0769. The topological polar surface area (TPSA) is 48.9 Å². The predicted octanol–water partition coefficient (Wildman–Crippen LogP) is -1.87. The number of rotatable bonds is 1. The molecular formula is C4H6B2N2O. The molecule has 0 amide bonds. The molecule has 1 aromatic rings. The molecule has 0 spiro atoms. The molecule has 0 aliphatic carbocycles. The van der Waals surface area contributed by atoms with Crippen molar-refractivity contribution >= 4 is 20.7 Å². The van der Waals surface area contributed by atoms with Crippen molar-refractivity contribution < 1.29 is 5.11 Å². The van der Waals surface area contributed by atoms with Crippen molar-refractivity contribution in [3.8, 4) is 5.88 Å². The summed E-state index contributed by atoms with van der Waals surface area (Å²) in [4.78, 5) is 0. The third-order valence-electron chi connectivity index (χ3n) is 1.00. The van der Waals surface area contributed by atoms with Gasteiger partial charge in [0.2, 0.25) is 0 Å². The Morgan fingerprint density at radius 1 is 1.89 bits per heavy atom. The van der Waals surface area contributed by atoms with Crippen molar-refractivity contribution in [1.82, 2.24) is 10.2 Å². The zero-order valence-electron chi connectivity index (χ0n) is 5.18. The van der Waals surface area contributed by atoms with Crippen LogP contribution in [0, 0.1) is 0 Å². The standard InChI is InChI=1S/C4H6B2N2O/c5-4(6)2-1-3(9)8-7-2/h1,5H,6H2,(H2,7,8,9). The van der Waals surface area contributed by atoms with Crippen LogP contribution in [-0.2, 0) is 0 Å². The summed E-state index contributed by atoms with van der Waals surface area (Å²) in [6.07, 6.45) is 0. The molecule has 1 heterocycles. The minimum absolute atomic E-state index is 0.0769. The fourth-order valence-electron chi connectivity index (χ4n) is 0.530. The van der Waals surface area contributed by atoms with Crippen molar-refractivity contribution in [1.29, 1.82) is 0 Å². The van der Waals surface area contributed by atoms with Crippen molar-refractivity contribution in [2.45, 2.75) is 0 Å². The molecule has 0 aliphatic heterocycles. The van der Waals surface area contributed by atoms with Gasteiger partial charge in [0.15, 0.2) is 0 Å². The Morgan fingerprint density at radius 2 is 2.56 bits per heavy atom. The number of nitrogens with one attached hydrogen (secondary N) is 1. The van der Waals surface area contributed by atoms with E-state index < -0.39 is 0 Å². The Morgan fingerprint density at radius 3 is 2.78 bits per heavy atom. The summed E-state index contributed by atoms with van der Waals surface area (Å²) in [6.45, 7) is 0. The molecular weight excluding hydrogens is 114 g/mol. The molecule has 5 heteroatoms. The van der Waals surface area contributed by atoms with Crippen LogP contribution >= 0.6 is 0 Å². The molecule has 0 aromatic carbocycles. The number of aromatic amines is 1. The van der Waals surface area contributed by atoms with E-state index >= 15 is 0 Å². The molecule has 0 unspecified atom stereocenters. The van der Waals surface area contributed by atoms with Crippen LogP contribution in [-0.4, -0.2) is 36.0 Å². The van der Waals surface area contributed by atoms with Gasteiger partial charge in [-0.15, -0.1) is 0 Å². The fraction of sp³-hybridized carbons (Fsp3) is 0. The summed E-state index contributed by atoms with van der Waals surface area (Å²) in [6, 6.07) is 1.53. The summed E-state index contributed by atoms with van der Waals surface area (Å²) in [7, 11) is 5.47. The van der Waals surface area contributed by atoms with Crippen LogP contribution in [0.1, 0.15) is 5.69 Å². The summed E-state index contributed by atoms with van der Waals surface area (Å²) in [5.74, 6) is 0.0769. The SMILES string of the molecule is B=C(B)c1cc(O)[nH]n1. The third kappa shape index (κ3) is 1.22. The van der Waals surface area contributed by atoms with Crippen LogP contribution in [0.15, 0.2) is 6.07 Å². The maximum atomic E-state index is 8.74. The van der Waals surface area contributed by atoms with Crippen LogP contribution < -0.4 is 0 Å². The van der Waals surface area contributed by atoms with Crippen LogP contribution in [0.25, 0.3) is 0 Å². The Bertz CT molecular complexity index is 232. The Kier molecular flexibility index (Phi) is 1.42. The zero-order chi connectivity index (χ0) is 6.85. The molecule has 2 N–H and O–H groups in total. The first-order valence-electron chi connectivity index (χ1n) is 2.60. The number of hydrogen-bond acceptors (Lipinski definition) is 2. The first-order valence-corrected chi connectivity index (χ1v) is 2.60. The van der Waals surface area contributed by atoms with Gasteiger partial charge in [-0.1, -0.05) is 0 Å². The average molecular weight is 120 g/mol. The van der Waals surface area contributed by atoms with Crippen LogP contribution in [0.5, 0.6) is 5.88 Å². The molecule has 44 valence electrons. The normalized spacial score (nSPS) is 9.22. The van der Waals surface area contributed by atoms with Crippen LogP contribution in [0.3, 0.4) is 0 Å². The van der Waals surface area contributed by atoms with Gasteiger partial charge < -0.3 is 0 Å². The van der Waals surface area contributed by atoms with E-state index in [-0.39, 0.29) is 5.88 Å². The van der Waals surface area contributed by atoms with E-state index in [1.165, 1.54) is 6.07 Å². The van der Waals surface area contributed by atoms with Crippen molar-refractivity contribution in [2.75, 3.05) is 0 Å². The number of nitrogens with zero attached hydrogens (tertiary/aromatic N) is 1. The molecule has 9 heavy (non-hydrogen) atoms. The summed E-state index contributed by atoms with van der Waals surface area (Å²) in [5.41, 5.74) is 0.701. The second-order valence-electron chi connectivity index (χ2n) is 1.92. The van der Waals surface area contributed by atoms with Gasteiger partial charge in [0, 0.05) is 0 Å². The third-order valence-corrected chi connectivity index (χ3v) is 1.00. The maximum absolute atomic E-state index is 8.74. The molecule has 0 atom stereocenters. The van der Waals surface area contributed by atoms with Crippen LogP contribution in [0.4, 0.5) is 0 Å². The Balaban J connectivity index is 2.98. The first-order chi connectivity index (χ1) is 4.20. The number of hydrogen-bond donors (Lipinski definition) is 2. The number of aromatic hydroxyl groups is 1. The van der Waals surface area contributed by atoms with Crippen molar-refractivity contribution in [3.63, 3.8) is 0 Å². The zero-order valence-corrected chi connectivity index (χ0v) is 5.18.